The lowest BCUT2D eigenvalue weighted by Crippen LogP contribution is -2.38. The van der Waals surface area contributed by atoms with Gasteiger partial charge in [0.05, 0.1) is 11.4 Å². The number of halogens is 1. The minimum absolute atomic E-state index is 0. The first-order chi connectivity index (χ1) is 14.6. The summed E-state index contributed by atoms with van der Waals surface area (Å²) in [4.78, 5) is 4.98. The fraction of sp³-hybridized carbons (Fsp3) is 0.682. The molecule has 0 amide bonds. The molecular weight excluding hydrogens is 527 g/mol. The molecule has 0 unspecified atom stereocenters. The molecule has 2 aliphatic rings. The van der Waals surface area contributed by atoms with E-state index in [9.17, 15) is 8.42 Å². The monoisotopic (exact) mass is 564 g/mol. The Morgan fingerprint density at radius 3 is 2.48 bits per heavy atom. The maximum Gasteiger partial charge on any atom is 0.243 e. The summed E-state index contributed by atoms with van der Waals surface area (Å²) in [6.07, 6.45) is 6.58. The number of hydrogen-bond donors (Lipinski definition) is 2. The average Bonchev–Trinajstić information content (AvgIpc) is 3.59. The van der Waals surface area contributed by atoms with Crippen LogP contribution in [-0.4, -0.2) is 58.1 Å². The van der Waals surface area contributed by atoms with E-state index in [-0.39, 0.29) is 24.0 Å². The zero-order chi connectivity index (χ0) is 21.2. The van der Waals surface area contributed by atoms with Crippen molar-refractivity contribution in [2.75, 3.05) is 39.4 Å². The summed E-state index contributed by atoms with van der Waals surface area (Å²) in [5.41, 5.74) is 0.984. The number of hydrogen-bond acceptors (Lipinski definition) is 4. The summed E-state index contributed by atoms with van der Waals surface area (Å²) in [5.74, 6) is 1.57. The highest BCUT2D eigenvalue weighted by Crippen LogP contribution is 2.28. The molecule has 2 N–H and O–H groups in total. The number of rotatable bonds is 11. The third-order valence-corrected chi connectivity index (χ3v) is 7.36. The average molecular weight is 565 g/mol. The number of benzene rings is 1. The predicted octanol–water partition coefficient (Wildman–Crippen LogP) is 3.35. The van der Waals surface area contributed by atoms with Crippen LogP contribution in [0.3, 0.4) is 0 Å². The van der Waals surface area contributed by atoms with Gasteiger partial charge in [-0.2, -0.15) is 4.31 Å². The second-order valence-corrected chi connectivity index (χ2v) is 10.0. The third kappa shape index (κ3) is 8.86. The number of guanidine groups is 1. The summed E-state index contributed by atoms with van der Waals surface area (Å²) in [5, 5.41) is 6.58. The molecule has 0 spiro atoms. The van der Waals surface area contributed by atoms with E-state index in [2.05, 4.69) is 15.6 Å². The fourth-order valence-electron chi connectivity index (χ4n) is 3.45. The first kappa shape index (κ1) is 26.3. The second kappa shape index (κ2) is 13.6. The van der Waals surface area contributed by atoms with Gasteiger partial charge in [0, 0.05) is 39.4 Å². The lowest BCUT2D eigenvalue weighted by Gasteiger charge is -2.25. The molecular formula is C22H37IN4O3S. The van der Waals surface area contributed by atoms with Crippen LogP contribution in [-0.2, 0) is 21.3 Å². The molecule has 3 rings (SSSR count). The van der Waals surface area contributed by atoms with Crippen LogP contribution in [0.25, 0.3) is 0 Å². The maximum atomic E-state index is 12.8. The van der Waals surface area contributed by atoms with E-state index >= 15 is 0 Å². The Morgan fingerprint density at radius 1 is 1.13 bits per heavy atom. The normalized spacial score (nSPS) is 17.8. The number of piperidine rings is 1. The van der Waals surface area contributed by atoms with Crippen LogP contribution in [0, 0.1) is 5.92 Å². The van der Waals surface area contributed by atoms with Crippen LogP contribution in [0.1, 0.15) is 51.0 Å². The summed E-state index contributed by atoms with van der Waals surface area (Å²) in [7, 11) is -3.38. The van der Waals surface area contributed by atoms with Crippen molar-refractivity contribution >= 4 is 40.0 Å². The van der Waals surface area contributed by atoms with E-state index < -0.39 is 10.0 Å². The lowest BCUT2D eigenvalue weighted by atomic mass is 10.2. The van der Waals surface area contributed by atoms with Crippen molar-refractivity contribution in [3.8, 4) is 0 Å². The quantitative estimate of drug-likeness (QED) is 0.187. The van der Waals surface area contributed by atoms with E-state index in [0.717, 1.165) is 69.4 Å². The molecule has 0 aromatic heterocycles. The number of ether oxygens (including phenoxy) is 1. The van der Waals surface area contributed by atoms with Gasteiger partial charge in [0.15, 0.2) is 5.96 Å². The summed E-state index contributed by atoms with van der Waals surface area (Å²) < 4.78 is 32.8. The van der Waals surface area contributed by atoms with Gasteiger partial charge in [-0.15, -0.1) is 24.0 Å². The van der Waals surface area contributed by atoms with Crippen LogP contribution < -0.4 is 10.6 Å². The lowest BCUT2D eigenvalue weighted by molar-refractivity contribution is 0.123. The van der Waals surface area contributed by atoms with Crippen molar-refractivity contribution < 1.29 is 13.2 Å². The van der Waals surface area contributed by atoms with Gasteiger partial charge >= 0.3 is 0 Å². The zero-order valence-electron chi connectivity index (χ0n) is 18.5. The van der Waals surface area contributed by atoms with E-state index in [1.54, 1.807) is 16.4 Å². The molecule has 1 aromatic carbocycles. The van der Waals surface area contributed by atoms with Crippen molar-refractivity contribution in [1.29, 1.82) is 0 Å². The van der Waals surface area contributed by atoms with E-state index in [0.29, 0.717) is 24.5 Å². The van der Waals surface area contributed by atoms with Crippen LogP contribution in [0.15, 0.2) is 34.2 Å². The first-order valence-electron chi connectivity index (χ1n) is 11.3. The smallest absolute Gasteiger partial charge is 0.243 e. The zero-order valence-corrected chi connectivity index (χ0v) is 21.7. The highest BCUT2D eigenvalue weighted by atomic mass is 127. The van der Waals surface area contributed by atoms with Gasteiger partial charge in [-0.25, -0.2) is 13.4 Å². The van der Waals surface area contributed by atoms with Gasteiger partial charge in [0.25, 0.3) is 0 Å². The topological polar surface area (TPSA) is 83.0 Å². The van der Waals surface area contributed by atoms with E-state index in [4.69, 9.17) is 4.74 Å². The van der Waals surface area contributed by atoms with Crippen molar-refractivity contribution in [3.63, 3.8) is 0 Å². The second-order valence-electron chi connectivity index (χ2n) is 8.10. The van der Waals surface area contributed by atoms with Crippen molar-refractivity contribution in [3.05, 3.63) is 29.8 Å². The number of nitrogens with zero attached hydrogens (tertiary/aromatic N) is 2. The Balaban J connectivity index is 0.00000341. The van der Waals surface area contributed by atoms with E-state index in [1.165, 1.54) is 12.8 Å². The highest BCUT2D eigenvalue weighted by molar-refractivity contribution is 14.0. The van der Waals surface area contributed by atoms with Crippen molar-refractivity contribution in [2.45, 2.75) is 56.9 Å². The maximum absolute atomic E-state index is 12.8. The molecule has 31 heavy (non-hydrogen) atoms. The number of aliphatic imine (C=N–C) groups is 1. The summed E-state index contributed by atoms with van der Waals surface area (Å²) >= 11 is 0. The molecule has 2 fully saturated rings. The van der Waals surface area contributed by atoms with Gasteiger partial charge in [-0.3, -0.25) is 0 Å². The Bertz CT molecular complexity index is 776. The molecule has 0 atom stereocenters. The summed E-state index contributed by atoms with van der Waals surface area (Å²) in [6, 6.07) is 7.12. The van der Waals surface area contributed by atoms with Gasteiger partial charge in [-0.1, -0.05) is 18.6 Å². The number of nitrogens with one attached hydrogen (secondary N) is 2. The van der Waals surface area contributed by atoms with E-state index in [1.807, 2.05) is 19.1 Å². The molecule has 1 aliphatic heterocycles. The largest absolute Gasteiger partial charge is 0.381 e. The molecule has 9 heteroatoms. The molecule has 176 valence electrons. The summed E-state index contributed by atoms with van der Waals surface area (Å²) in [6.45, 7) is 7.05. The van der Waals surface area contributed by atoms with Crippen LogP contribution >= 0.6 is 24.0 Å². The minimum Gasteiger partial charge on any atom is -0.381 e. The Morgan fingerprint density at radius 2 is 1.84 bits per heavy atom. The molecule has 0 bridgehead atoms. The minimum atomic E-state index is -3.38. The third-order valence-electron chi connectivity index (χ3n) is 5.45. The Hall–Kier alpha value is -0.910. The molecule has 7 nitrogen and oxygen atoms in total. The Labute approximate surface area is 204 Å². The van der Waals surface area contributed by atoms with Gasteiger partial charge in [0.2, 0.25) is 10.0 Å². The van der Waals surface area contributed by atoms with Gasteiger partial charge < -0.3 is 15.4 Å². The van der Waals surface area contributed by atoms with Crippen LogP contribution in [0.2, 0.25) is 0 Å². The SMILES string of the molecule is CCNC(=NCc1ccc(S(=O)(=O)N2CCCCC2)cc1)NCCCOCC1CC1.I. The van der Waals surface area contributed by atoms with Crippen molar-refractivity contribution in [2.24, 2.45) is 10.9 Å². The fourth-order valence-corrected chi connectivity index (χ4v) is 4.97. The first-order valence-corrected chi connectivity index (χ1v) is 12.7. The van der Waals surface area contributed by atoms with Crippen molar-refractivity contribution in [1.82, 2.24) is 14.9 Å². The van der Waals surface area contributed by atoms with Gasteiger partial charge in [0.1, 0.15) is 0 Å². The van der Waals surface area contributed by atoms with Crippen LogP contribution in [0.5, 0.6) is 0 Å². The predicted molar refractivity (Wildman–Crippen MR) is 135 cm³/mol. The number of sulfonamides is 1. The molecule has 1 aliphatic carbocycles. The molecule has 1 heterocycles. The van der Waals surface area contributed by atoms with Gasteiger partial charge in [-0.05, 0) is 62.6 Å². The standard InChI is InChI=1S/C22H36N4O3S.HI/c1-2-23-22(24-13-6-16-29-18-20-7-8-20)25-17-19-9-11-21(12-10-19)30(27,28)26-14-4-3-5-15-26;/h9-12,20H,2-8,13-18H2,1H3,(H2,23,24,25);1H. The molecule has 0 radical (unpaired) electrons. The molecule has 1 aromatic rings. The van der Waals surface area contributed by atoms with Crippen LogP contribution in [0.4, 0.5) is 0 Å². The molecule has 1 saturated heterocycles. The molecule has 1 saturated carbocycles. The highest BCUT2D eigenvalue weighted by Gasteiger charge is 2.25. The Kier molecular flexibility index (Phi) is 11.6.